The van der Waals surface area contributed by atoms with E-state index >= 15 is 0 Å². The molecular weight excluding hydrogens is 300 g/mol. The lowest BCUT2D eigenvalue weighted by Crippen LogP contribution is -2.24. The number of rotatable bonds is 3. The first-order chi connectivity index (χ1) is 10.7. The summed E-state index contributed by atoms with van der Waals surface area (Å²) < 4.78 is 5.28. The molecule has 5 heteroatoms. The Labute approximate surface area is 133 Å². The SMILES string of the molecule is COc1ccccc1/C=C1\N=C(c2ccc(Cl)cc2)NC1=O. The number of hydrogen-bond donors (Lipinski definition) is 1. The summed E-state index contributed by atoms with van der Waals surface area (Å²) in [6, 6.07) is 14.6. The number of nitrogens with zero attached hydrogens (tertiary/aromatic N) is 1. The summed E-state index contributed by atoms with van der Waals surface area (Å²) in [4.78, 5) is 16.4. The molecule has 0 radical (unpaired) electrons. The number of benzene rings is 2. The van der Waals surface area contributed by atoms with Crippen LogP contribution in [0.1, 0.15) is 11.1 Å². The van der Waals surface area contributed by atoms with Crippen LogP contribution in [0.25, 0.3) is 6.08 Å². The van der Waals surface area contributed by atoms with Gasteiger partial charge in [0, 0.05) is 16.1 Å². The Bertz CT molecular complexity index is 780. The molecule has 2 aromatic carbocycles. The number of amides is 1. The average molecular weight is 313 g/mol. The van der Waals surface area contributed by atoms with Crippen molar-refractivity contribution in [2.75, 3.05) is 7.11 Å². The fraction of sp³-hybridized carbons (Fsp3) is 0.0588. The molecule has 0 unspecified atom stereocenters. The normalized spacial score (nSPS) is 15.6. The Morgan fingerprint density at radius 2 is 1.86 bits per heavy atom. The van der Waals surface area contributed by atoms with Gasteiger partial charge >= 0.3 is 0 Å². The fourth-order valence-corrected chi connectivity index (χ4v) is 2.27. The minimum Gasteiger partial charge on any atom is -0.496 e. The minimum absolute atomic E-state index is 0.240. The Morgan fingerprint density at radius 1 is 1.14 bits per heavy atom. The molecule has 22 heavy (non-hydrogen) atoms. The molecule has 4 nitrogen and oxygen atoms in total. The lowest BCUT2D eigenvalue weighted by atomic mass is 10.1. The first-order valence-electron chi connectivity index (χ1n) is 6.68. The minimum atomic E-state index is -0.240. The highest BCUT2D eigenvalue weighted by atomic mass is 35.5. The molecule has 0 saturated carbocycles. The summed E-state index contributed by atoms with van der Waals surface area (Å²) >= 11 is 5.86. The molecule has 0 fully saturated rings. The molecule has 1 aliphatic heterocycles. The summed E-state index contributed by atoms with van der Waals surface area (Å²) in [7, 11) is 1.59. The lowest BCUT2D eigenvalue weighted by molar-refractivity contribution is -0.115. The maximum Gasteiger partial charge on any atom is 0.275 e. The molecule has 3 rings (SSSR count). The van der Waals surface area contributed by atoms with Gasteiger partial charge in [0.1, 0.15) is 17.3 Å². The van der Waals surface area contributed by atoms with Crippen LogP contribution in [0.3, 0.4) is 0 Å². The predicted octanol–water partition coefficient (Wildman–Crippen LogP) is 3.27. The molecule has 1 N–H and O–H groups in total. The van der Waals surface area contributed by atoms with Gasteiger partial charge in [-0.2, -0.15) is 0 Å². The lowest BCUT2D eigenvalue weighted by Gasteiger charge is -2.03. The van der Waals surface area contributed by atoms with Crippen LogP contribution in [-0.4, -0.2) is 18.9 Å². The molecule has 1 heterocycles. The maximum absolute atomic E-state index is 12.1. The number of nitrogens with one attached hydrogen (secondary N) is 1. The third-order valence-electron chi connectivity index (χ3n) is 3.25. The van der Waals surface area contributed by atoms with Crippen LogP contribution in [0, 0.1) is 0 Å². The second kappa shape index (κ2) is 6.03. The summed E-state index contributed by atoms with van der Waals surface area (Å²) in [6.45, 7) is 0. The quantitative estimate of drug-likeness (QED) is 0.884. The molecule has 1 aliphatic rings. The van der Waals surface area contributed by atoms with Crippen LogP contribution in [-0.2, 0) is 4.79 Å². The molecule has 1 amide bonds. The van der Waals surface area contributed by atoms with Gasteiger partial charge in [-0.05, 0) is 36.4 Å². The number of amidine groups is 1. The van der Waals surface area contributed by atoms with E-state index in [1.165, 1.54) is 0 Å². The summed E-state index contributed by atoms with van der Waals surface area (Å²) in [5.74, 6) is 0.969. The van der Waals surface area contributed by atoms with Gasteiger partial charge in [0.25, 0.3) is 5.91 Å². The van der Waals surface area contributed by atoms with Gasteiger partial charge in [-0.15, -0.1) is 0 Å². The average Bonchev–Trinajstić information content (AvgIpc) is 2.89. The largest absolute Gasteiger partial charge is 0.496 e. The zero-order chi connectivity index (χ0) is 15.5. The van der Waals surface area contributed by atoms with E-state index in [9.17, 15) is 4.79 Å². The van der Waals surface area contributed by atoms with Crippen molar-refractivity contribution in [2.24, 2.45) is 4.99 Å². The topological polar surface area (TPSA) is 50.7 Å². The summed E-state index contributed by atoms with van der Waals surface area (Å²) in [5.41, 5.74) is 1.95. The number of hydrogen-bond acceptors (Lipinski definition) is 3. The van der Waals surface area contributed by atoms with Gasteiger partial charge in [0.05, 0.1) is 7.11 Å². The van der Waals surface area contributed by atoms with Crippen LogP contribution in [0.4, 0.5) is 0 Å². The number of aliphatic imine (C=N–C) groups is 1. The van der Waals surface area contributed by atoms with E-state index in [1.54, 1.807) is 25.3 Å². The van der Waals surface area contributed by atoms with Crippen LogP contribution in [0.5, 0.6) is 5.75 Å². The highest BCUT2D eigenvalue weighted by Gasteiger charge is 2.21. The zero-order valence-corrected chi connectivity index (χ0v) is 12.6. The second-order valence-electron chi connectivity index (χ2n) is 4.69. The first-order valence-corrected chi connectivity index (χ1v) is 7.06. The Kier molecular flexibility index (Phi) is 3.94. The maximum atomic E-state index is 12.1. The van der Waals surface area contributed by atoms with Crippen LogP contribution in [0.2, 0.25) is 5.02 Å². The van der Waals surface area contributed by atoms with Crippen molar-refractivity contribution < 1.29 is 9.53 Å². The van der Waals surface area contributed by atoms with Gasteiger partial charge < -0.3 is 10.1 Å². The third kappa shape index (κ3) is 2.87. The molecule has 0 bridgehead atoms. The van der Waals surface area contributed by atoms with Crippen molar-refractivity contribution in [2.45, 2.75) is 0 Å². The monoisotopic (exact) mass is 312 g/mol. The predicted molar refractivity (Wildman–Crippen MR) is 87.1 cm³/mol. The molecule has 0 atom stereocenters. The highest BCUT2D eigenvalue weighted by molar-refractivity contribution is 6.30. The highest BCUT2D eigenvalue weighted by Crippen LogP contribution is 2.22. The zero-order valence-electron chi connectivity index (χ0n) is 11.8. The van der Waals surface area contributed by atoms with Crippen molar-refractivity contribution in [3.8, 4) is 5.75 Å². The van der Waals surface area contributed by atoms with E-state index in [4.69, 9.17) is 16.3 Å². The molecule has 0 saturated heterocycles. The van der Waals surface area contributed by atoms with E-state index < -0.39 is 0 Å². The van der Waals surface area contributed by atoms with Crippen molar-refractivity contribution in [3.63, 3.8) is 0 Å². The molecular formula is C17H13ClN2O2. The van der Waals surface area contributed by atoms with E-state index in [0.717, 1.165) is 11.1 Å². The van der Waals surface area contributed by atoms with E-state index in [0.29, 0.717) is 22.3 Å². The van der Waals surface area contributed by atoms with Crippen molar-refractivity contribution >= 4 is 29.4 Å². The fourth-order valence-electron chi connectivity index (χ4n) is 2.15. The number of ether oxygens (including phenoxy) is 1. The number of para-hydroxylation sites is 1. The molecule has 0 aromatic heterocycles. The second-order valence-corrected chi connectivity index (χ2v) is 5.13. The van der Waals surface area contributed by atoms with Gasteiger partial charge in [-0.3, -0.25) is 4.79 Å². The number of carbonyl (C=O) groups excluding carboxylic acids is 1. The standard InChI is InChI=1S/C17H13ClN2O2/c1-22-15-5-3-2-4-12(15)10-14-17(21)20-16(19-14)11-6-8-13(18)9-7-11/h2-10H,1H3,(H,19,20,21)/b14-10-. The van der Waals surface area contributed by atoms with Crippen LogP contribution >= 0.6 is 11.6 Å². The van der Waals surface area contributed by atoms with Crippen LogP contribution in [0.15, 0.2) is 59.2 Å². The van der Waals surface area contributed by atoms with Gasteiger partial charge in [0.15, 0.2) is 0 Å². The van der Waals surface area contributed by atoms with E-state index in [1.807, 2.05) is 36.4 Å². The molecule has 110 valence electrons. The Hall–Kier alpha value is -2.59. The first kappa shape index (κ1) is 14.4. The Morgan fingerprint density at radius 3 is 2.59 bits per heavy atom. The molecule has 0 spiro atoms. The number of halogens is 1. The van der Waals surface area contributed by atoms with Gasteiger partial charge in [0.2, 0.25) is 0 Å². The van der Waals surface area contributed by atoms with Crippen molar-refractivity contribution in [1.29, 1.82) is 0 Å². The van der Waals surface area contributed by atoms with Gasteiger partial charge in [-0.25, -0.2) is 4.99 Å². The molecule has 0 aliphatic carbocycles. The summed E-state index contributed by atoms with van der Waals surface area (Å²) in [5, 5.41) is 3.39. The van der Waals surface area contributed by atoms with Crippen LogP contribution < -0.4 is 10.1 Å². The van der Waals surface area contributed by atoms with E-state index in [-0.39, 0.29) is 5.91 Å². The smallest absolute Gasteiger partial charge is 0.275 e. The number of methoxy groups -OCH3 is 1. The summed E-state index contributed by atoms with van der Waals surface area (Å²) in [6.07, 6.45) is 1.71. The molecule has 2 aromatic rings. The third-order valence-corrected chi connectivity index (χ3v) is 3.50. The van der Waals surface area contributed by atoms with Crippen molar-refractivity contribution in [1.82, 2.24) is 5.32 Å². The van der Waals surface area contributed by atoms with E-state index in [2.05, 4.69) is 10.3 Å². The Balaban J connectivity index is 1.96. The number of carbonyl (C=O) groups is 1. The van der Waals surface area contributed by atoms with Crippen molar-refractivity contribution in [3.05, 3.63) is 70.4 Å². The van der Waals surface area contributed by atoms with Gasteiger partial charge in [-0.1, -0.05) is 29.8 Å².